The van der Waals surface area contributed by atoms with Crippen molar-refractivity contribution in [1.29, 1.82) is 0 Å². The molecule has 0 spiro atoms. The molecular formula is C10H17NO5. The van der Waals surface area contributed by atoms with Gasteiger partial charge >= 0.3 is 5.97 Å². The number of hydrogen-bond acceptors (Lipinski definition) is 4. The zero-order chi connectivity index (χ0) is 12.1. The molecule has 0 saturated carbocycles. The van der Waals surface area contributed by atoms with Crippen molar-refractivity contribution in [2.45, 2.75) is 32.0 Å². The van der Waals surface area contributed by atoms with Gasteiger partial charge in [0.05, 0.1) is 12.5 Å². The lowest BCUT2D eigenvalue weighted by Crippen LogP contribution is -2.30. The summed E-state index contributed by atoms with van der Waals surface area (Å²) < 4.78 is 5.26. The van der Waals surface area contributed by atoms with E-state index in [2.05, 4.69) is 0 Å². The minimum atomic E-state index is -0.991. The minimum absolute atomic E-state index is 0.0269. The molecule has 1 rings (SSSR count). The van der Waals surface area contributed by atoms with Gasteiger partial charge in [-0.1, -0.05) is 0 Å². The number of aliphatic hydroxyl groups is 1. The first kappa shape index (κ1) is 12.9. The number of rotatable bonds is 5. The lowest BCUT2D eigenvalue weighted by molar-refractivity contribution is -0.140. The van der Waals surface area contributed by atoms with Gasteiger partial charge in [-0.2, -0.15) is 0 Å². The number of carbonyl (C=O) groups excluding carboxylic acids is 1. The number of hydrogen-bond donors (Lipinski definition) is 2. The van der Waals surface area contributed by atoms with Gasteiger partial charge in [-0.25, -0.2) is 0 Å². The Labute approximate surface area is 93.8 Å². The minimum Gasteiger partial charge on any atom is -0.481 e. The maximum atomic E-state index is 11.5. The summed E-state index contributed by atoms with van der Waals surface area (Å²) in [6.45, 7) is 2.87. The number of ether oxygens (including phenoxy) is 1. The molecule has 0 bridgehead atoms. The fourth-order valence-electron chi connectivity index (χ4n) is 1.71. The standard InChI is InChI=1S/C10H17NO5/c1-2-16-8-6-11(5-7(8)12)9(13)3-4-10(14)15/h7-8,12H,2-6H2,1H3,(H,14,15)/t7-,8+/m0/s1. The SMILES string of the molecule is CCO[C@@H]1CN(C(=O)CCC(=O)O)C[C@@H]1O. The van der Waals surface area contributed by atoms with Gasteiger partial charge in [0.2, 0.25) is 5.91 Å². The van der Waals surface area contributed by atoms with Crippen LogP contribution < -0.4 is 0 Å². The summed E-state index contributed by atoms with van der Waals surface area (Å²) in [6, 6.07) is 0. The fraction of sp³-hybridized carbons (Fsp3) is 0.800. The molecule has 0 aromatic heterocycles. The molecule has 1 saturated heterocycles. The summed E-state index contributed by atoms with van der Waals surface area (Å²) in [6.07, 6.45) is -1.22. The van der Waals surface area contributed by atoms with E-state index in [1.165, 1.54) is 4.90 Å². The molecule has 0 aromatic carbocycles. The van der Waals surface area contributed by atoms with Crippen LogP contribution in [0.1, 0.15) is 19.8 Å². The van der Waals surface area contributed by atoms with Crippen LogP contribution in [0, 0.1) is 0 Å². The molecule has 1 amide bonds. The molecule has 16 heavy (non-hydrogen) atoms. The summed E-state index contributed by atoms with van der Waals surface area (Å²) >= 11 is 0. The lowest BCUT2D eigenvalue weighted by atomic mass is 10.3. The largest absolute Gasteiger partial charge is 0.481 e. The molecular weight excluding hydrogens is 214 g/mol. The van der Waals surface area contributed by atoms with Crippen molar-refractivity contribution < 1.29 is 24.5 Å². The van der Waals surface area contributed by atoms with Gasteiger partial charge in [0.1, 0.15) is 6.10 Å². The van der Waals surface area contributed by atoms with E-state index < -0.39 is 12.1 Å². The number of amides is 1. The van der Waals surface area contributed by atoms with Crippen LogP contribution in [0.25, 0.3) is 0 Å². The number of aliphatic hydroxyl groups excluding tert-OH is 1. The third-order valence-electron chi connectivity index (χ3n) is 2.52. The van der Waals surface area contributed by atoms with Gasteiger partial charge in [0.25, 0.3) is 0 Å². The smallest absolute Gasteiger partial charge is 0.303 e. The van der Waals surface area contributed by atoms with Crippen LogP contribution in [0.4, 0.5) is 0 Å². The van der Waals surface area contributed by atoms with E-state index in [9.17, 15) is 14.7 Å². The van der Waals surface area contributed by atoms with Crippen LogP contribution in [0.2, 0.25) is 0 Å². The van der Waals surface area contributed by atoms with Gasteiger partial charge in [-0.05, 0) is 6.92 Å². The lowest BCUT2D eigenvalue weighted by Gasteiger charge is -2.15. The summed E-state index contributed by atoms with van der Waals surface area (Å²) in [5.41, 5.74) is 0. The van der Waals surface area contributed by atoms with E-state index >= 15 is 0 Å². The quantitative estimate of drug-likeness (QED) is 0.663. The predicted molar refractivity (Wildman–Crippen MR) is 54.9 cm³/mol. The van der Waals surface area contributed by atoms with Crippen molar-refractivity contribution in [2.75, 3.05) is 19.7 Å². The molecule has 0 aliphatic carbocycles. The second-order valence-electron chi connectivity index (χ2n) is 3.75. The van der Waals surface area contributed by atoms with E-state index in [0.717, 1.165) is 0 Å². The van der Waals surface area contributed by atoms with Crippen LogP contribution >= 0.6 is 0 Å². The average molecular weight is 231 g/mol. The molecule has 1 aliphatic rings. The van der Waals surface area contributed by atoms with Crippen molar-refractivity contribution in [3.05, 3.63) is 0 Å². The zero-order valence-corrected chi connectivity index (χ0v) is 9.26. The van der Waals surface area contributed by atoms with Crippen molar-refractivity contribution in [3.63, 3.8) is 0 Å². The van der Waals surface area contributed by atoms with Crippen molar-refractivity contribution in [3.8, 4) is 0 Å². The Morgan fingerprint density at radius 3 is 2.62 bits per heavy atom. The number of carbonyl (C=O) groups is 2. The molecule has 92 valence electrons. The van der Waals surface area contributed by atoms with E-state index in [1.807, 2.05) is 6.92 Å². The van der Waals surface area contributed by atoms with Crippen LogP contribution in [-0.4, -0.2) is 58.9 Å². The van der Waals surface area contributed by atoms with E-state index in [-0.39, 0.29) is 31.4 Å². The van der Waals surface area contributed by atoms with Crippen LogP contribution in [0.5, 0.6) is 0 Å². The highest BCUT2D eigenvalue weighted by Gasteiger charge is 2.34. The summed E-state index contributed by atoms with van der Waals surface area (Å²) in [5.74, 6) is -1.24. The summed E-state index contributed by atoms with van der Waals surface area (Å²) in [5, 5.41) is 18.0. The number of carboxylic acids is 1. The molecule has 0 radical (unpaired) electrons. The maximum Gasteiger partial charge on any atom is 0.303 e. The normalized spacial score (nSPS) is 24.8. The Balaban J connectivity index is 2.39. The molecule has 0 unspecified atom stereocenters. The number of nitrogens with zero attached hydrogens (tertiary/aromatic N) is 1. The van der Waals surface area contributed by atoms with Crippen molar-refractivity contribution >= 4 is 11.9 Å². The molecule has 2 atom stereocenters. The second kappa shape index (κ2) is 5.81. The number of carboxylic acid groups (broad SMARTS) is 1. The zero-order valence-electron chi connectivity index (χ0n) is 9.26. The maximum absolute atomic E-state index is 11.5. The van der Waals surface area contributed by atoms with Crippen LogP contribution in [-0.2, 0) is 14.3 Å². The highest BCUT2D eigenvalue weighted by Crippen LogP contribution is 2.15. The van der Waals surface area contributed by atoms with Gasteiger partial charge in [-0.15, -0.1) is 0 Å². The number of aliphatic carboxylic acids is 1. The molecule has 1 aliphatic heterocycles. The van der Waals surface area contributed by atoms with Crippen LogP contribution in [0.15, 0.2) is 0 Å². The third-order valence-corrected chi connectivity index (χ3v) is 2.52. The highest BCUT2D eigenvalue weighted by molar-refractivity contribution is 5.81. The Hall–Kier alpha value is -1.14. The first-order valence-corrected chi connectivity index (χ1v) is 5.33. The molecule has 1 fully saturated rings. The molecule has 1 heterocycles. The molecule has 2 N–H and O–H groups in total. The average Bonchev–Trinajstić information content (AvgIpc) is 2.57. The van der Waals surface area contributed by atoms with E-state index in [1.54, 1.807) is 0 Å². The third kappa shape index (κ3) is 3.46. The topological polar surface area (TPSA) is 87.1 Å². The number of β-amino-alcohol motifs (C(OH)–C–C–N with tert-alkyl or cyclic N) is 1. The first-order valence-electron chi connectivity index (χ1n) is 5.33. The predicted octanol–water partition coefficient (Wildman–Crippen LogP) is -0.541. The van der Waals surface area contributed by atoms with Gasteiger partial charge in [0, 0.05) is 26.1 Å². The molecule has 6 nitrogen and oxygen atoms in total. The van der Waals surface area contributed by atoms with Gasteiger partial charge in [-0.3, -0.25) is 9.59 Å². The second-order valence-corrected chi connectivity index (χ2v) is 3.75. The highest BCUT2D eigenvalue weighted by atomic mass is 16.5. The monoisotopic (exact) mass is 231 g/mol. The first-order chi connectivity index (χ1) is 7.54. The number of likely N-dealkylation sites (tertiary alicyclic amines) is 1. The Kier molecular flexibility index (Phi) is 4.70. The van der Waals surface area contributed by atoms with Crippen molar-refractivity contribution in [1.82, 2.24) is 4.90 Å². The van der Waals surface area contributed by atoms with Crippen molar-refractivity contribution in [2.24, 2.45) is 0 Å². The Morgan fingerprint density at radius 1 is 1.38 bits per heavy atom. The van der Waals surface area contributed by atoms with Gasteiger partial charge in [0.15, 0.2) is 0 Å². The van der Waals surface area contributed by atoms with E-state index in [4.69, 9.17) is 9.84 Å². The Bertz CT molecular complexity index is 268. The van der Waals surface area contributed by atoms with Crippen LogP contribution in [0.3, 0.4) is 0 Å². The summed E-state index contributed by atoms with van der Waals surface area (Å²) in [4.78, 5) is 23.3. The fourth-order valence-corrected chi connectivity index (χ4v) is 1.71. The molecule has 6 heteroatoms. The molecule has 0 aromatic rings. The van der Waals surface area contributed by atoms with Gasteiger partial charge < -0.3 is 19.8 Å². The van der Waals surface area contributed by atoms with E-state index in [0.29, 0.717) is 13.2 Å². The summed E-state index contributed by atoms with van der Waals surface area (Å²) in [7, 11) is 0. The Morgan fingerprint density at radius 2 is 2.06 bits per heavy atom.